The molecule has 2 N–H and O–H groups in total. The Morgan fingerprint density at radius 1 is 0.462 bits per heavy atom. The van der Waals surface area contributed by atoms with Gasteiger partial charge in [0.15, 0.2) is 0 Å². The lowest BCUT2D eigenvalue weighted by atomic mass is 9.77. The molecule has 0 amide bonds. The van der Waals surface area contributed by atoms with Crippen molar-refractivity contribution in [3.8, 4) is 56.0 Å². The highest BCUT2D eigenvalue weighted by molar-refractivity contribution is 6.10. The fourth-order valence-electron chi connectivity index (χ4n) is 8.67. The van der Waals surface area contributed by atoms with E-state index in [1.807, 2.05) is 12.1 Å². The van der Waals surface area contributed by atoms with E-state index in [0.29, 0.717) is 17.0 Å². The van der Waals surface area contributed by atoms with Gasteiger partial charge in [-0.2, -0.15) is 0 Å². The fraction of sp³-hybridized carbons (Fsp3) is 0.240. The van der Waals surface area contributed by atoms with Gasteiger partial charge in [-0.15, -0.1) is 0 Å². The predicted octanol–water partition coefficient (Wildman–Crippen LogP) is 14.1. The van der Waals surface area contributed by atoms with Crippen molar-refractivity contribution in [3.63, 3.8) is 0 Å². The molecule has 0 saturated heterocycles. The molecule has 0 heterocycles. The first kappa shape index (κ1) is 33.8. The standard InChI is InChI=1S/C50H48O2/c1-3-5-33-7-11-35(12-8-33)37-15-19-39(20-16-37)41-23-27-45-43(31-41)25-29-47(51)49(45)50-46-28-24-42(32-44(46)26-30-48(50)52)40-21-17-38(18-22-40)36-13-9-34(6-4-2)10-14-36/h7-8,11-12,15-32,34,36,51-52H,3-6,9-10,13-14H2,1-2H3/t34-,36-. The molecule has 0 spiro atoms. The molecule has 0 unspecified atom stereocenters. The van der Waals surface area contributed by atoms with Crippen LogP contribution in [-0.2, 0) is 6.42 Å². The van der Waals surface area contributed by atoms with Crippen LogP contribution in [0.2, 0.25) is 0 Å². The van der Waals surface area contributed by atoms with Gasteiger partial charge in [0.1, 0.15) is 11.5 Å². The summed E-state index contributed by atoms with van der Waals surface area (Å²) in [5, 5.41) is 26.5. The Hall–Kier alpha value is -5.34. The molecular formula is C50H48O2. The molecule has 1 aliphatic rings. The highest BCUT2D eigenvalue weighted by Crippen LogP contribution is 2.46. The van der Waals surface area contributed by atoms with Crippen LogP contribution < -0.4 is 0 Å². The Kier molecular flexibility index (Phi) is 9.56. The van der Waals surface area contributed by atoms with E-state index in [9.17, 15) is 10.2 Å². The number of rotatable bonds is 9. The third-order valence-corrected chi connectivity index (χ3v) is 11.5. The minimum atomic E-state index is 0.153. The highest BCUT2D eigenvalue weighted by Gasteiger charge is 2.22. The van der Waals surface area contributed by atoms with Crippen LogP contribution in [0.3, 0.4) is 0 Å². The molecular weight excluding hydrogens is 633 g/mol. The largest absolute Gasteiger partial charge is 0.507 e. The van der Waals surface area contributed by atoms with E-state index in [4.69, 9.17) is 0 Å². The molecule has 52 heavy (non-hydrogen) atoms. The van der Waals surface area contributed by atoms with Gasteiger partial charge in [-0.3, -0.25) is 0 Å². The molecule has 0 atom stereocenters. The molecule has 7 aromatic rings. The molecule has 260 valence electrons. The summed E-state index contributed by atoms with van der Waals surface area (Å²) in [6.07, 6.45) is 10.3. The summed E-state index contributed by atoms with van der Waals surface area (Å²) in [7, 11) is 0. The van der Waals surface area contributed by atoms with Gasteiger partial charge < -0.3 is 10.2 Å². The van der Waals surface area contributed by atoms with E-state index in [0.717, 1.165) is 57.0 Å². The van der Waals surface area contributed by atoms with Crippen molar-refractivity contribution < 1.29 is 10.2 Å². The summed E-state index contributed by atoms with van der Waals surface area (Å²) < 4.78 is 0. The lowest BCUT2D eigenvalue weighted by Crippen LogP contribution is -2.13. The van der Waals surface area contributed by atoms with Crippen molar-refractivity contribution >= 4 is 21.5 Å². The van der Waals surface area contributed by atoms with E-state index < -0.39 is 0 Å². The summed E-state index contributed by atoms with van der Waals surface area (Å²) >= 11 is 0. The smallest absolute Gasteiger partial charge is 0.124 e. The summed E-state index contributed by atoms with van der Waals surface area (Å²) in [5.41, 5.74) is 11.2. The molecule has 1 saturated carbocycles. The summed E-state index contributed by atoms with van der Waals surface area (Å²) in [6.45, 7) is 4.52. The van der Waals surface area contributed by atoms with Crippen molar-refractivity contribution in [1.82, 2.24) is 0 Å². The molecule has 0 radical (unpaired) electrons. The predicted molar refractivity (Wildman–Crippen MR) is 220 cm³/mol. The first-order valence-corrected chi connectivity index (χ1v) is 19.3. The van der Waals surface area contributed by atoms with E-state index in [1.165, 1.54) is 66.3 Å². The first-order chi connectivity index (χ1) is 25.5. The van der Waals surface area contributed by atoms with Crippen LogP contribution in [0.5, 0.6) is 11.5 Å². The molecule has 0 bridgehead atoms. The van der Waals surface area contributed by atoms with Crippen molar-refractivity contribution in [1.29, 1.82) is 0 Å². The van der Waals surface area contributed by atoms with E-state index >= 15 is 0 Å². The van der Waals surface area contributed by atoms with Crippen LogP contribution in [0.4, 0.5) is 0 Å². The lowest BCUT2D eigenvalue weighted by Gasteiger charge is -2.28. The number of fused-ring (bicyclic) bond motifs is 2. The Balaban J connectivity index is 1.08. The summed E-state index contributed by atoms with van der Waals surface area (Å²) in [5.74, 6) is 1.90. The first-order valence-electron chi connectivity index (χ1n) is 19.3. The Bertz CT molecular complexity index is 2320. The number of aryl methyl sites for hydroxylation is 1. The molecule has 7 aromatic carbocycles. The van der Waals surface area contributed by atoms with E-state index in [1.54, 1.807) is 12.1 Å². The lowest BCUT2D eigenvalue weighted by molar-refractivity contribution is 0.308. The second-order valence-electron chi connectivity index (χ2n) is 14.9. The molecule has 8 rings (SSSR count). The normalized spacial score (nSPS) is 16.0. The average molecular weight is 681 g/mol. The van der Waals surface area contributed by atoms with Gasteiger partial charge in [-0.25, -0.2) is 0 Å². The van der Waals surface area contributed by atoms with Crippen molar-refractivity contribution in [2.24, 2.45) is 5.92 Å². The van der Waals surface area contributed by atoms with Crippen molar-refractivity contribution in [2.75, 3.05) is 0 Å². The fourth-order valence-corrected chi connectivity index (χ4v) is 8.67. The van der Waals surface area contributed by atoms with Crippen molar-refractivity contribution in [2.45, 2.75) is 71.1 Å². The molecule has 2 nitrogen and oxygen atoms in total. The van der Waals surface area contributed by atoms with Gasteiger partial charge in [0.05, 0.1) is 0 Å². The number of phenols is 2. The van der Waals surface area contributed by atoms with Crippen LogP contribution in [-0.4, -0.2) is 10.2 Å². The molecule has 2 heteroatoms. The second-order valence-corrected chi connectivity index (χ2v) is 14.9. The Morgan fingerprint density at radius 3 is 1.38 bits per heavy atom. The maximum Gasteiger partial charge on any atom is 0.124 e. The SMILES string of the molecule is CCCc1ccc(-c2ccc(-c3ccc4c(-c5c(O)ccc6cc(-c7ccc([C@H]8CC[C@H](CCC)CC8)cc7)ccc56)c(O)ccc4c3)cc2)cc1. The maximum absolute atomic E-state index is 11.3. The van der Waals surface area contributed by atoms with Gasteiger partial charge in [0, 0.05) is 11.1 Å². The zero-order valence-electron chi connectivity index (χ0n) is 30.4. The molecule has 1 aliphatic carbocycles. The third kappa shape index (κ3) is 6.71. The van der Waals surface area contributed by atoms with Crippen molar-refractivity contribution in [3.05, 3.63) is 145 Å². The van der Waals surface area contributed by atoms with Gasteiger partial charge in [-0.1, -0.05) is 142 Å². The maximum atomic E-state index is 11.3. The molecule has 0 aliphatic heterocycles. The quantitative estimate of drug-likeness (QED) is 0.159. The Morgan fingerprint density at radius 2 is 0.904 bits per heavy atom. The summed E-state index contributed by atoms with van der Waals surface area (Å²) in [6, 6.07) is 47.0. The van der Waals surface area contributed by atoms with Crippen LogP contribution >= 0.6 is 0 Å². The van der Waals surface area contributed by atoms with Crippen LogP contribution in [0.15, 0.2) is 133 Å². The zero-order valence-corrected chi connectivity index (χ0v) is 30.4. The third-order valence-electron chi connectivity index (χ3n) is 11.5. The minimum absolute atomic E-state index is 0.153. The highest BCUT2D eigenvalue weighted by atomic mass is 16.3. The number of aromatic hydroxyl groups is 2. The Labute approximate surface area is 308 Å². The van der Waals surface area contributed by atoms with Gasteiger partial charge in [-0.05, 0) is 134 Å². The molecule has 0 aromatic heterocycles. The molecule has 1 fully saturated rings. The van der Waals surface area contributed by atoms with Crippen LogP contribution in [0.1, 0.15) is 75.8 Å². The van der Waals surface area contributed by atoms with Gasteiger partial charge in [0.2, 0.25) is 0 Å². The number of hydrogen-bond donors (Lipinski definition) is 2. The van der Waals surface area contributed by atoms with E-state index in [2.05, 4.69) is 123 Å². The second kappa shape index (κ2) is 14.7. The van der Waals surface area contributed by atoms with Crippen LogP contribution in [0.25, 0.3) is 66.1 Å². The monoisotopic (exact) mass is 680 g/mol. The van der Waals surface area contributed by atoms with Crippen LogP contribution in [0, 0.1) is 5.92 Å². The summed E-state index contributed by atoms with van der Waals surface area (Å²) in [4.78, 5) is 0. The van der Waals surface area contributed by atoms with Gasteiger partial charge in [0.25, 0.3) is 0 Å². The average Bonchev–Trinajstić information content (AvgIpc) is 3.19. The minimum Gasteiger partial charge on any atom is -0.507 e. The number of benzene rings is 7. The topological polar surface area (TPSA) is 40.5 Å². The zero-order chi connectivity index (χ0) is 35.6. The number of hydrogen-bond acceptors (Lipinski definition) is 2. The van der Waals surface area contributed by atoms with E-state index in [-0.39, 0.29) is 11.5 Å². The number of phenolic OH excluding ortho intramolecular Hbond substituents is 2. The van der Waals surface area contributed by atoms with Gasteiger partial charge >= 0.3 is 0 Å².